The minimum Gasteiger partial charge on any atom is -0.488 e. The maximum Gasteiger partial charge on any atom is 0.151 e. The number of hydrogen-bond donors (Lipinski definition) is 0. The van der Waals surface area contributed by atoms with E-state index in [0.29, 0.717) is 11.3 Å². The van der Waals surface area contributed by atoms with Gasteiger partial charge in [0, 0.05) is 0 Å². The molecule has 13 heavy (non-hydrogen) atoms. The van der Waals surface area contributed by atoms with Crippen molar-refractivity contribution in [3.63, 3.8) is 0 Å². The summed E-state index contributed by atoms with van der Waals surface area (Å²) in [7, 11) is 0. The third-order valence-electron chi connectivity index (χ3n) is 1.44. The van der Waals surface area contributed by atoms with E-state index < -0.39 is 0 Å². The number of nitrogens with zero attached hydrogens (tertiary/aromatic N) is 1. The molecule has 0 spiro atoms. The molecule has 0 saturated heterocycles. The Kier molecular flexibility index (Phi) is 3.32. The first-order valence-electron chi connectivity index (χ1n) is 4.00. The number of hydrogen-bond acceptors (Lipinski definition) is 2. The Balaban J connectivity index is 3.10. The van der Waals surface area contributed by atoms with Gasteiger partial charge in [0.05, 0.1) is 16.1 Å². The molecule has 0 aliphatic rings. The summed E-state index contributed by atoms with van der Waals surface area (Å²) in [5.74, 6) is 0.625. The molecule has 0 unspecified atom stereocenters. The second-order valence-corrected chi connectivity index (χ2v) is 3.75. The van der Waals surface area contributed by atoms with Crippen molar-refractivity contribution in [3.05, 3.63) is 28.2 Å². The second kappa shape index (κ2) is 4.29. The van der Waals surface area contributed by atoms with Crippen molar-refractivity contribution in [2.24, 2.45) is 0 Å². The fourth-order valence-corrected chi connectivity index (χ4v) is 1.41. The summed E-state index contributed by atoms with van der Waals surface area (Å²) in [5.41, 5.74) is 0.558. The fraction of sp³-hybridized carbons (Fsp3) is 0.300. The average molecular weight is 240 g/mol. The highest BCUT2D eigenvalue weighted by atomic mass is 79.9. The molecule has 2 nitrogen and oxygen atoms in total. The van der Waals surface area contributed by atoms with E-state index >= 15 is 0 Å². The van der Waals surface area contributed by atoms with Crippen LogP contribution in [0.15, 0.2) is 22.7 Å². The molecule has 0 aromatic heterocycles. The lowest BCUT2D eigenvalue weighted by molar-refractivity contribution is 0.240. The maximum atomic E-state index is 8.80. The monoisotopic (exact) mass is 239 g/mol. The van der Waals surface area contributed by atoms with E-state index in [-0.39, 0.29) is 6.10 Å². The van der Waals surface area contributed by atoms with Crippen molar-refractivity contribution >= 4 is 15.9 Å². The molecule has 1 rings (SSSR count). The van der Waals surface area contributed by atoms with Gasteiger partial charge in [0.1, 0.15) is 6.07 Å². The fourth-order valence-electron chi connectivity index (χ4n) is 0.952. The topological polar surface area (TPSA) is 33.0 Å². The minimum absolute atomic E-state index is 0.0748. The minimum atomic E-state index is 0.0748. The van der Waals surface area contributed by atoms with E-state index in [4.69, 9.17) is 10.00 Å². The van der Waals surface area contributed by atoms with Crippen molar-refractivity contribution in [3.8, 4) is 11.8 Å². The number of rotatable bonds is 2. The van der Waals surface area contributed by atoms with Crippen LogP contribution in [0, 0.1) is 11.3 Å². The van der Waals surface area contributed by atoms with Crippen LogP contribution in [0.3, 0.4) is 0 Å². The van der Waals surface area contributed by atoms with Gasteiger partial charge in [0.25, 0.3) is 0 Å². The van der Waals surface area contributed by atoms with E-state index in [1.54, 1.807) is 6.07 Å². The summed E-state index contributed by atoms with van der Waals surface area (Å²) in [4.78, 5) is 0. The first-order valence-corrected chi connectivity index (χ1v) is 4.79. The van der Waals surface area contributed by atoms with Crippen LogP contribution < -0.4 is 4.74 Å². The number of para-hydroxylation sites is 1. The summed E-state index contributed by atoms with van der Waals surface area (Å²) in [6, 6.07) is 7.50. The highest BCUT2D eigenvalue weighted by molar-refractivity contribution is 9.10. The molecule has 0 heterocycles. The van der Waals surface area contributed by atoms with Crippen LogP contribution in [-0.2, 0) is 0 Å². The summed E-state index contributed by atoms with van der Waals surface area (Å²) in [6.45, 7) is 3.86. The third-order valence-corrected chi connectivity index (χ3v) is 2.07. The van der Waals surface area contributed by atoms with Gasteiger partial charge in [-0.05, 0) is 41.9 Å². The number of benzene rings is 1. The van der Waals surface area contributed by atoms with E-state index in [1.807, 2.05) is 26.0 Å². The highest BCUT2D eigenvalue weighted by Crippen LogP contribution is 2.29. The van der Waals surface area contributed by atoms with Crippen LogP contribution in [0.2, 0.25) is 0 Å². The largest absolute Gasteiger partial charge is 0.488 e. The SMILES string of the molecule is CC(C)Oc1c(Br)cccc1C#N. The number of nitriles is 1. The molecule has 0 N–H and O–H groups in total. The molecule has 0 atom stereocenters. The molecule has 68 valence electrons. The maximum absolute atomic E-state index is 8.80. The van der Waals surface area contributed by atoms with Crippen molar-refractivity contribution < 1.29 is 4.74 Å². The predicted molar refractivity (Wildman–Crippen MR) is 54.6 cm³/mol. The van der Waals surface area contributed by atoms with Gasteiger partial charge in [-0.1, -0.05) is 6.07 Å². The molecule has 0 bridgehead atoms. The standard InChI is InChI=1S/C10H10BrNO/c1-7(2)13-10-8(6-12)4-3-5-9(10)11/h3-5,7H,1-2H3. The van der Waals surface area contributed by atoms with Gasteiger partial charge in [-0.2, -0.15) is 5.26 Å². The van der Waals surface area contributed by atoms with Crippen LogP contribution in [-0.4, -0.2) is 6.10 Å². The lowest BCUT2D eigenvalue weighted by atomic mass is 10.2. The second-order valence-electron chi connectivity index (χ2n) is 2.89. The molecule has 1 aromatic rings. The Bertz CT molecular complexity index is 341. The zero-order valence-electron chi connectivity index (χ0n) is 7.54. The van der Waals surface area contributed by atoms with E-state index in [1.165, 1.54) is 0 Å². The zero-order chi connectivity index (χ0) is 9.84. The van der Waals surface area contributed by atoms with Crippen LogP contribution >= 0.6 is 15.9 Å². The van der Waals surface area contributed by atoms with Crippen LogP contribution in [0.5, 0.6) is 5.75 Å². The summed E-state index contributed by atoms with van der Waals surface area (Å²) < 4.78 is 6.32. The third kappa shape index (κ3) is 2.46. The Hall–Kier alpha value is -1.01. The lowest BCUT2D eigenvalue weighted by Gasteiger charge is -2.12. The first-order chi connectivity index (χ1) is 6.15. The van der Waals surface area contributed by atoms with Gasteiger partial charge in [-0.25, -0.2) is 0 Å². The Labute approximate surface area is 86.3 Å². The molecule has 0 radical (unpaired) electrons. The molecular weight excluding hydrogens is 230 g/mol. The normalized spacial score (nSPS) is 9.77. The van der Waals surface area contributed by atoms with E-state index in [2.05, 4.69) is 22.0 Å². The van der Waals surface area contributed by atoms with Crippen LogP contribution in [0.25, 0.3) is 0 Å². The van der Waals surface area contributed by atoms with Crippen LogP contribution in [0.1, 0.15) is 19.4 Å². The van der Waals surface area contributed by atoms with Crippen molar-refractivity contribution in [2.45, 2.75) is 20.0 Å². The number of halogens is 1. The van der Waals surface area contributed by atoms with Crippen molar-refractivity contribution in [1.82, 2.24) is 0 Å². The smallest absolute Gasteiger partial charge is 0.151 e. The summed E-state index contributed by atoms with van der Waals surface area (Å²) >= 11 is 3.34. The molecule has 0 saturated carbocycles. The Morgan fingerprint density at radius 2 is 2.15 bits per heavy atom. The summed E-state index contributed by atoms with van der Waals surface area (Å²) in [6.07, 6.45) is 0.0748. The van der Waals surface area contributed by atoms with Gasteiger partial charge in [0.15, 0.2) is 5.75 Å². The van der Waals surface area contributed by atoms with Gasteiger partial charge in [-0.3, -0.25) is 0 Å². The lowest BCUT2D eigenvalue weighted by Crippen LogP contribution is -2.07. The van der Waals surface area contributed by atoms with E-state index in [9.17, 15) is 0 Å². The van der Waals surface area contributed by atoms with Crippen LogP contribution in [0.4, 0.5) is 0 Å². The molecule has 0 aliphatic carbocycles. The Morgan fingerprint density at radius 1 is 1.46 bits per heavy atom. The molecule has 3 heteroatoms. The Morgan fingerprint density at radius 3 is 2.69 bits per heavy atom. The van der Waals surface area contributed by atoms with Gasteiger partial charge in [0.2, 0.25) is 0 Å². The molecule has 0 fully saturated rings. The predicted octanol–water partition coefficient (Wildman–Crippen LogP) is 3.11. The average Bonchev–Trinajstić information content (AvgIpc) is 2.08. The molecule has 0 aliphatic heterocycles. The molecular formula is C10H10BrNO. The molecule has 1 aromatic carbocycles. The van der Waals surface area contributed by atoms with Gasteiger partial charge in [-0.15, -0.1) is 0 Å². The molecule has 0 amide bonds. The van der Waals surface area contributed by atoms with E-state index in [0.717, 1.165) is 4.47 Å². The van der Waals surface area contributed by atoms with Crippen molar-refractivity contribution in [1.29, 1.82) is 5.26 Å². The van der Waals surface area contributed by atoms with Gasteiger partial charge < -0.3 is 4.74 Å². The quantitative estimate of drug-likeness (QED) is 0.795. The zero-order valence-corrected chi connectivity index (χ0v) is 9.13. The summed E-state index contributed by atoms with van der Waals surface area (Å²) in [5, 5.41) is 8.80. The van der Waals surface area contributed by atoms with Gasteiger partial charge >= 0.3 is 0 Å². The van der Waals surface area contributed by atoms with Crippen molar-refractivity contribution in [2.75, 3.05) is 0 Å². The highest BCUT2D eigenvalue weighted by Gasteiger charge is 2.08. The first kappa shape index (κ1) is 10.1. The number of ether oxygens (including phenoxy) is 1.